The predicted molar refractivity (Wildman–Crippen MR) is 242 cm³/mol. The number of aryl methyl sites for hydroxylation is 2. The van der Waals surface area contributed by atoms with E-state index in [0.29, 0.717) is 0 Å². The second-order valence-corrected chi connectivity index (χ2v) is 16.8. The first kappa shape index (κ1) is 33.7. The molecule has 0 atom stereocenters. The Morgan fingerprint density at radius 2 is 0.828 bits per heavy atom. The average Bonchev–Trinajstić information content (AvgIpc) is 3.76. The van der Waals surface area contributed by atoms with Crippen molar-refractivity contribution in [3.8, 4) is 44.5 Å². The fraction of sp³-hybridized carbons (Fsp3) is 0.158. The topological polar surface area (TPSA) is 3.24 Å². The molecule has 0 amide bonds. The van der Waals surface area contributed by atoms with Crippen molar-refractivity contribution < 1.29 is 0 Å². The Morgan fingerprint density at radius 1 is 0.328 bits per heavy atom. The van der Waals surface area contributed by atoms with Crippen LogP contribution in [-0.2, 0) is 31.1 Å². The van der Waals surface area contributed by atoms with E-state index in [2.05, 4.69) is 181 Å². The van der Waals surface area contributed by atoms with Gasteiger partial charge in [0.25, 0.3) is 0 Å². The number of benzene rings is 8. The summed E-state index contributed by atoms with van der Waals surface area (Å²) in [5, 5.41) is 0. The number of anilines is 3. The summed E-state index contributed by atoms with van der Waals surface area (Å²) in [5.41, 5.74) is 25.3. The van der Waals surface area contributed by atoms with Gasteiger partial charge in [-0.3, -0.25) is 0 Å². The molecule has 0 fully saturated rings. The summed E-state index contributed by atoms with van der Waals surface area (Å²) in [6.45, 7) is 0. The Hall–Kier alpha value is -6.44. The van der Waals surface area contributed by atoms with E-state index in [0.717, 1.165) is 12.8 Å². The quantitative estimate of drug-likeness (QED) is 0.170. The molecule has 0 heterocycles. The molecule has 0 aliphatic heterocycles. The van der Waals surface area contributed by atoms with Crippen molar-refractivity contribution in [2.75, 3.05) is 4.90 Å². The van der Waals surface area contributed by atoms with E-state index < -0.39 is 5.41 Å². The average molecular weight is 744 g/mol. The van der Waals surface area contributed by atoms with Crippen molar-refractivity contribution in [3.63, 3.8) is 0 Å². The number of fused-ring (bicyclic) bond motifs is 12. The zero-order valence-corrected chi connectivity index (χ0v) is 32.8. The SMILES string of the molecule is c1ccc(N(c2cc3c(cc2-c2ccc(-c4cccc5c4CCCC5)cc2)-c2ccccc2C32c3ccccc3-c3ccccc32)c2cccc3c2CCCC3)cc1. The van der Waals surface area contributed by atoms with E-state index in [1.165, 1.54) is 139 Å². The molecule has 12 rings (SSSR count). The highest BCUT2D eigenvalue weighted by molar-refractivity contribution is 6.00. The first-order chi connectivity index (χ1) is 28.8. The van der Waals surface area contributed by atoms with Crippen molar-refractivity contribution in [2.24, 2.45) is 0 Å². The van der Waals surface area contributed by atoms with Crippen LogP contribution in [0.2, 0.25) is 0 Å². The van der Waals surface area contributed by atoms with Gasteiger partial charge in [-0.1, -0.05) is 146 Å². The van der Waals surface area contributed by atoms with Gasteiger partial charge < -0.3 is 4.90 Å². The molecular formula is C57H45N. The van der Waals surface area contributed by atoms with Crippen molar-refractivity contribution in [1.29, 1.82) is 0 Å². The van der Waals surface area contributed by atoms with E-state index in [-0.39, 0.29) is 0 Å². The molecule has 0 aromatic heterocycles. The Kier molecular flexibility index (Phi) is 7.73. The molecule has 4 aliphatic rings. The molecule has 1 nitrogen and oxygen atoms in total. The van der Waals surface area contributed by atoms with Crippen LogP contribution in [0.1, 0.15) is 70.2 Å². The van der Waals surface area contributed by atoms with Gasteiger partial charge in [-0.25, -0.2) is 0 Å². The second kappa shape index (κ2) is 13.3. The smallest absolute Gasteiger partial charge is 0.0726 e. The predicted octanol–water partition coefficient (Wildman–Crippen LogP) is 14.6. The molecule has 58 heavy (non-hydrogen) atoms. The van der Waals surface area contributed by atoms with Crippen LogP contribution < -0.4 is 4.90 Å². The highest BCUT2D eigenvalue weighted by Crippen LogP contribution is 2.64. The maximum absolute atomic E-state index is 2.60. The maximum Gasteiger partial charge on any atom is 0.0726 e. The van der Waals surface area contributed by atoms with Crippen LogP contribution in [0.25, 0.3) is 44.5 Å². The van der Waals surface area contributed by atoms with Gasteiger partial charge in [0.05, 0.1) is 11.1 Å². The van der Waals surface area contributed by atoms with Crippen LogP contribution in [0.15, 0.2) is 176 Å². The molecule has 8 aromatic rings. The van der Waals surface area contributed by atoms with Gasteiger partial charge in [0.15, 0.2) is 0 Å². The summed E-state index contributed by atoms with van der Waals surface area (Å²) < 4.78 is 0. The van der Waals surface area contributed by atoms with Gasteiger partial charge in [0, 0.05) is 16.9 Å². The van der Waals surface area contributed by atoms with Crippen molar-refractivity contribution in [2.45, 2.75) is 56.8 Å². The third kappa shape index (κ3) is 4.89. The van der Waals surface area contributed by atoms with Gasteiger partial charge in [-0.05, 0) is 165 Å². The lowest BCUT2D eigenvalue weighted by molar-refractivity contribution is 0.686. The molecule has 0 radical (unpaired) electrons. The molecule has 1 spiro atoms. The fourth-order valence-electron chi connectivity index (χ4n) is 11.4. The summed E-state index contributed by atoms with van der Waals surface area (Å²) >= 11 is 0. The zero-order chi connectivity index (χ0) is 38.2. The van der Waals surface area contributed by atoms with Gasteiger partial charge >= 0.3 is 0 Å². The van der Waals surface area contributed by atoms with E-state index in [1.54, 1.807) is 5.56 Å². The Bertz CT molecular complexity index is 2850. The molecule has 8 aromatic carbocycles. The monoisotopic (exact) mass is 743 g/mol. The van der Waals surface area contributed by atoms with Gasteiger partial charge in [0.2, 0.25) is 0 Å². The maximum atomic E-state index is 2.60. The first-order valence-electron chi connectivity index (χ1n) is 21.4. The minimum Gasteiger partial charge on any atom is -0.310 e. The molecular weight excluding hydrogens is 699 g/mol. The number of hydrogen-bond acceptors (Lipinski definition) is 1. The molecule has 0 bridgehead atoms. The van der Waals surface area contributed by atoms with Gasteiger partial charge in [0.1, 0.15) is 0 Å². The molecule has 4 aliphatic carbocycles. The molecule has 1 heteroatoms. The van der Waals surface area contributed by atoms with Crippen LogP contribution in [-0.4, -0.2) is 0 Å². The number of rotatable bonds is 5. The van der Waals surface area contributed by atoms with Crippen molar-refractivity contribution in [3.05, 3.63) is 220 Å². The Morgan fingerprint density at radius 3 is 1.48 bits per heavy atom. The lowest BCUT2D eigenvalue weighted by Gasteiger charge is -2.34. The van der Waals surface area contributed by atoms with Crippen LogP contribution in [0.5, 0.6) is 0 Å². The standard InChI is InChI=1S/C57H45N/c1-2-20-42(21-3-1)58(55-31-15-19-39-17-5-7-23-45(39)55)56-37-54-50(36-49(56)41-34-32-40(33-35-41)44-27-14-18-38-16-4-6-22-43(38)44)48-26-10-13-30-53(48)57(54)51-28-11-8-24-46(51)47-25-9-12-29-52(47)57/h1-3,8-15,18-21,24-37H,4-7,16-17,22-23H2. The van der Waals surface area contributed by atoms with E-state index >= 15 is 0 Å². The largest absolute Gasteiger partial charge is 0.310 e. The third-order valence-corrected chi connectivity index (χ3v) is 13.9. The molecule has 0 unspecified atom stereocenters. The summed E-state index contributed by atoms with van der Waals surface area (Å²) in [4.78, 5) is 2.60. The van der Waals surface area contributed by atoms with E-state index in [1.807, 2.05) is 0 Å². The summed E-state index contributed by atoms with van der Waals surface area (Å²) in [5.74, 6) is 0. The minimum absolute atomic E-state index is 0.429. The van der Waals surface area contributed by atoms with Crippen LogP contribution >= 0.6 is 0 Å². The first-order valence-corrected chi connectivity index (χ1v) is 21.4. The van der Waals surface area contributed by atoms with Crippen molar-refractivity contribution >= 4 is 17.1 Å². The highest BCUT2D eigenvalue weighted by Gasteiger charge is 2.52. The number of nitrogens with zero attached hydrogens (tertiary/aromatic N) is 1. The highest BCUT2D eigenvalue weighted by atomic mass is 15.1. The number of para-hydroxylation sites is 1. The van der Waals surface area contributed by atoms with Crippen molar-refractivity contribution in [1.82, 2.24) is 0 Å². The Labute approximate surface area is 342 Å². The zero-order valence-electron chi connectivity index (χ0n) is 32.8. The van der Waals surface area contributed by atoms with E-state index in [4.69, 9.17) is 0 Å². The Balaban J connectivity index is 1.16. The molecule has 0 saturated heterocycles. The lowest BCUT2D eigenvalue weighted by Crippen LogP contribution is -2.26. The van der Waals surface area contributed by atoms with E-state index in [9.17, 15) is 0 Å². The fourth-order valence-corrected chi connectivity index (χ4v) is 11.4. The molecule has 0 N–H and O–H groups in total. The number of hydrogen-bond donors (Lipinski definition) is 0. The normalized spacial score (nSPS) is 15.2. The third-order valence-electron chi connectivity index (χ3n) is 13.9. The van der Waals surface area contributed by atoms with Crippen LogP contribution in [0.3, 0.4) is 0 Å². The lowest BCUT2D eigenvalue weighted by atomic mass is 9.70. The molecule has 0 saturated carbocycles. The van der Waals surface area contributed by atoms with Crippen LogP contribution in [0, 0.1) is 0 Å². The minimum atomic E-state index is -0.429. The summed E-state index contributed by atoms with van der Waals surface area (Å²) in [7, 11) is 0. The van der Waals surface area contributed by atoms with Crippen LogP contribution in [0.4, 0.5) is 17.1 Å². The summed E-state index contributed by atoms with van der Waals surface area (Å²) in [6, 6.07) is 67.3. The molecule has 278 valence electrons. The van der Waals surface area contributed by atoms with Gasteiger partial charge in [-0.2, -0.15) is 0 Å². The second-order valence-electron chi connectivity index (χ2n) is 16.8. The van der Waals surface area contributed by atoms with Gasteiger partial charge in [-0.15, -0.1) is 0 Å². The summed E-state index contributed by atoms with van der Waals surface area (Å²) in [6.07, 6.45) is 9.64.